The van der Waals surface area contributed by atoms with Crippen LogP contribution in [-0.4, -0.2) is 72.5 Å². The lowest BCUT2D eigenvalue weighted by Crippen LogP contribution is -2.24. The maximum absolute atomic E-state index is 11.5. The quantitative estimate of drug-likeness (QED) is 0.0264. The number of rotatable bonds is 49. The molecule has 0 heterocycles. The van der Waals surface area contributed by atoms with Gasteiger partial charge in [0.05, 0.1) is 0 Å². The number of nitrogens with one attached hydrogen (secondary N) is 3. The van der Waals surface area contributed by atoms with E-state index in [1.54, 1.807) is 0 Å². The highest BCUT2D eigenvalue weighted by Gasteiger charge is 2.02. The molecule has 6 N–H and O–H groups in total. The zero-order valence-electron chi connectivity index (χ0n) is 43.7. The molecule has 0 aliphatic rings. The van der Waals surface area contributed by atoms with Crippen molar-refractivity contribution in [2.75, 3.05) is 39.5 Å². The molecule has 9 nitrogen and oxygen atoms in total. The average molecular weight is 925 g/mol. The van der Waals surface area contributed by atoms with E-state index in [4.69, 9.17) is 15.3 Å². The number of carbonyl (C=O) groups is 3. The molecule has 0 aromatic carbocycles. The van der Waals surface area contributed by atoms with Crippen molar-refractivity contribution in [3.05, 3.63) is 12.2 Å². The first-order valence-corrected chi connectivity index (χ1v) is 28.2. The Morgan fingerprint density at radius 1 is 0.292 bits per heavy atom. The van der Waals surface area contributed by atoms with Crippen LogP contribution >= 0.6 is 0 Å². The molecule has 0 bridgehead atoms. The van der Waals surface area contributed by atoms with Gasteiger partial charge in [-0.1, -0.05) is 213 Å². The Labute approximate surface area is 404 Å². The molecule has 3 amide bonds. The highest BCUT2D eigenvalue weighted by Crippen LogP contribution is 2.13. The summed E-state index contributed by atoms with van der Waals surface area (Å²) in [7, 11) is 0. The van der Waals surface area contributed by atoms with Gasteiger partial charge in [-0.2, -0.15) is 0 Å². The van der Waals surface area contributed by atoms with Crippen LogP contribution in [0.3, 0.4) is 0 Å². The topological polar surface area (TPSA) is 148 Å². The van der Waals surface area contributed by atoms with E-state index in [1.807, 2.05) is 0 Å². The number of unbranched alkanes of at least 4 members (excludes halogenated alkanes) is 32. The van der Waals surface area contributed by atoms with Gasteiger partial charge in [0.2, 0.25) is 17.7 Å². The van der Waals surface area contributed by atoms with Crippen LogP contribution in [0.4, 0.5) is 0 Å². The van der Waals surface area contributed by atoms with E-state index >= 15 is 0 Å². The normalized spacial score (nSPS) is 10.9. The van der Waals surface area contributed by atoms with Crippen molar-refractivity contribution >= 4 is 17.7 Å². The second-order valence-corrected chi connectivity index (χ2v) is 18.5. The molecule has 0 radical (unpaired) electrons. The highest BCUT2D eigenvalue weighted by atomic mass is 16.3. The Balaban J connectivity index is -0.000000896. The van der Waals surface area contributed by atoms with Crippen molar-refractivity contribution in [1.29, 1.82) is 0 Å². The Hall–Kier alpha value is -1.97. The van der Waals surface area contributed by atoms with E-state index in [9.17, 15) is 14.4 Å². The lowest BCUT2D eigenvalue weighted by atomic mass is 10.1. The van der Waals surface area contributed by atoms with Crippen LogP contribution in [0.15, 0.2) is 12.2 Å². The predicted octanol–water partition coefficient (Wildman–Crippen LogP) is 14.3. The fraction of sp³-hybridized carbons (Fsp3) is 0.911. The minimum absolute atomic E-state index is 0.0711. The van der Waals surface area contributed by atoms with Crippen LogP contribution in [-0.2, 0) is 14.4 Å². The molecule has 0 unspecified atom stereocenters. The molecule has 0 aliphatic heterocycles. The third-order valence-electron chi connectivity index (χ3n) is 11.9. The molecule has 0 saturated carbocycles. The van der Waals surface area contributed by atoms with Crippen LogP contribution < -0.4 is 16.0 Å². The Morgan fingerprint density at radius 2 is 0.523 bits per heavy atom. The van der Waals surface area contributed by atoms with Gasteiger partial charge < -0.3 is 31.3 Å². The van der Waals surface area contributed by atoms with E-state index < -0.39 is 0 Å². The van der Waals surface area contributed by atoms with Crippen molar-refractivity contribution in [2.24, 2.45) is 0 Å². The predicted molar refractivity (Wildman–Crippen MR) is 280 cm³/mol. The number of hydrogen-bond donors (Lipinski definition) is 6. The summed E-state index contributed by atoms with van der Waals surface area (Å²) in [6.07, 6.45) is 54.8. The number of aliphatic hydroxyl groups excluding tert-OH is 3. The van der Waals surface area contributed by atoms with Crippen LogP contribution in [0.2, 0.25) is 0 Å². The summed E-state index contributed by atoms with van der Waals surface area (Å²) in [5.41, 5.74) is 0. The maximum atomic E-state index is 11.5. The number of carbonyl (C=O) groups excluding carboxylic acids is 3. The van der Waals surface area contributed by atoms with E-state index in [0.29, 0.717) is 32.1 Å². The molecule has 9 heteroatoms. The average Bonchev–Trinajstić information content (AvgIpc) is 3.31. The number of hydrogen-bond acceptors (Lipinski definition) is 6. The van der Waals surface area contributed by atoms with Gasteiger partial charge in [0.15, 0.2) is 0 Å². The number of allylic oxidation sites excluding steroid dienone is 2. The van der Waals surface area contributed by atoms with Gasteiger partial charge in [-0.05, 0) is 70.6 Å². The van der Waals surface area contributed by atoms with Crippen LogP contribution in [0, 0.1) is 0 Å². The molecule has 0 atom stereocenters. The molecular formula is C56H113N3O6. The Bertz CT molecular complexity index is 949. The van der Waals surface area contributed by atoms with E-state index in [2.05, 4.69) is 48.9 Å². The molecule has 65 heavy (non-hydrogen) atoms. The van der Waals surface area contributed by atoms with Crippen molar-refractivity contribution < 1.29 is 29.7 Å². The summed E-state index contributed by atoms with van der Waals surface area (Å²) in [4.78, 5) is 34.1. The Morgan fingerprint density at radius 3 is 0.800 bits per heavy atom. The third kappa shape index (κ3) is 68.7. The second-order valence-electron chi connectivity index (χ2n) is 18.5. The molecule has 0 aliphatic carbocycles. The summed E-state index contributed by atoms with van der Waals surface area (Å²) in [5.74, 6) is 0.315. The summed E-state index contributed by atoms with van der Waals surface area (Å²) in [5, 5.41) is 34.7. The molecular weight excluding hydrogens is 811 g/mol. The van der Waals surface area contributed by atoms with Crippen LogP contribution in [0.25, 0.3) is 0 Å². The van der Waals surface area contributed by atoms with Crippen molar-refractivity contribution in [3.8, 4) is 0 Å². The fourth-order valence-corrected chi connectivity index (χ4v) is 7.60. The van der Waals surface area contributed by atoms with Crippen molar-refractivity contribution in [3.63, 3.8) is 0 Å². The first kappa shape index (κ1) is 67.3. The first-order valence-electron chi connectivity index (χ1n) is 28.2. The lowest BCUT2D eigenvalue weighted by Gasteiger charge is -2.05. The highest BCUT2D eigenvalue weighted by molar-refractivity contribution is 5.76. The third-order valence-corrected chi connectivity index (χ3v) is 11.9. The maximum Gasteiger partial charge on any atom is 0.220 e. The van der Waals surface area contributed by atoms with Gasteiger partial charge in [0.1, 0.15) is 0 Å². The SMILES string of the molecule is CCCCCCCC/C=C\CCCCCCCCNC(=O)CCCO.CCCCCCCCCCCCNC(=O)CCCCCO.CCCCCCCCCCCCNC(=O)CCCO. The second kappa shape index (κ2) is 64.1. The van der Waals surface area contributed by atoms with Gasteiger partial charge in [-0.25, -0.2) is 0 Å². The van der Waals surface area contributed by atoms with Crippen molar-refractivity contribution in [2.45, 2.75) is 290 Å². The fourth-order valence-electron chi connectivity index (χ4n) is 7.60. The summed E-state index contributed by atoms with van der Waals surface area (Å²) in [6, 6.07) is 0. The standard InChI is InChI=1S/C22H43NO2.C18H37NO2.C16H33NO2/c1-2-3-4-5-6-7-8-9-10-11-12-13-14-15-16-17-20-23-22(25)19-18-21-24;1-2-3-4-5-6-7-8-9-10-13-16-19-18(21)15-12-11-14-17-20;1-2-3-4-5-6-7-8-9-10-11-14-17-16(19)13-12-15-18/h9-10,24H,2-8,11-21H2,1H3,(H,23,25);20H,2-17H2,1H3,(H,19,21);18H,2-15H2,1H3,(H,17,19)/b10-9-;;. The van der Waals surface area contributed by atoms with Gasteiger partial charge in [-0.3, -0.25) is 14.4 Å². The summed E-state index contributed by atoms with van der Waals surface area (Å²) >= 11 is 0. The van der Waals surface area contributed by atoms with E-state index in [1.165, 1.54) is 199 Å². The number of amides is 3. The van der Waals surface area contributed by atoms with Crippen molar-refractivity contribution in [1.82, 2.24) is 16.0 Å². The van der Waals surface area contributed by atoms with Gasteiger partial charge in [-0.15, -0.1) is 0 Å². The lowest BCUT2D eigenvalue weighted by molar-refractivity contribution is -0.122. The van der Waals surface area contributed by atoms with Crippen LogP contribution in [0.5, 0.6) is 0 Å². The van der Waals surface area contributed by atoms with Gasteiger partial charge in [0.25, 0.3) is 0 Å². The Kier molecular flexibility index (Phi) is 66.4. The summed E-state index contributed by atoms with van der Waals surface area (Å²) < 4.78 is 0. The molecule has 0 rings (SSSR count). The van der Waals surface area contributed by atoms with E-state index in [-0.39, 0.29) is 37.5 Å². The molecule has 388 valence electrons. The molecule has 0 fully saturated rings. The summed E-state index contributed by atoms with van der Waals surface area (Å²) in [6.45, 7) is 9.62. The monoisotopic (exact) mass is 924 g/mol. The first-order chi connectivity index (χ1) is 31.9. The number of aliphatic hydroxyl groups is 3. The molecule has 0 saturated heterocycles. The molecule has 0 spiro atoms. The largest absolute Gasteiger partial charge is 0.396 e. The van der Waals surface area contributed by atoms with Crippen LogP contribution in [0.1, 0.15) is 290 Å². The molecule has 0 aromatic rings. The van der Waals surface area contributed by atoms with Gasteiger partial charge in [0, 0.05) is 58.7 Å². The smallest absolute Gasteiger partial charge is 0.220 e. The zero-order chi connectivity index (χ0) is 48.2. The minimum Gasteiger partial charge on any atom is -0.396 e. The van der Waals surface area contributed by atoms with E-state index in [0.717, 1.165) is 58.2 Å². The van der Waals surface area contributed by atoms with Gasteiger partial charge >= 0.3 is 0 Å². The minimum atomic E-state index is 0.0711. The molecule has 0 aromatic heterocycles. The zero-order valence-corrected chi connectivity index (χ0v) is 43.7.